The maximum atomic E-state index is 6.00. The molecule has 0 spiro atoms. The average molecular weight is 373 g/mol. The predicted molar refractivity (Wildman–Crippen MR) is 111 cm³/mol. The topological polar surface area (TPSA) is 60.0 Å². The first-order valence-electron chi connectivity index (χ1n) is 9.38. The SMILES string of the molecule is Cc1cnc2[nH]c(-c3cc(OCc4ccccc4)ccc3OC(C)C)nc2c1. The van der Waals surface area contributed by atoms with Crippen molar-refractivity contribution in [3.63, 3.8) is 0 Å². The zero-order valence-electron chi connectivity index (χ0n) is 16.3. The fourth-order valence-corrected chi connectivity index (χ4v) is 3.00. The standard InChI is InChI=1S/C23H23N3O2/c1-15(2)28-21-10-9-18(27-14-17-7-5-4-6-8-17)12-19(21)22-25-20-11-16(3)13-24-23(20)26-22/h4-13,15H,14H2,1-3H3,(H,24,25,26). The highest BCUT2D eigenvalue weighted by atomic mass is 16.5. The number of aromatic nitrogens is 3. The quantitative estimate of drug-likeness (QED) is 0.498. The van der Waals surface area contributed by atoms with E-state index in [2.05, 4.69) is 9.97 Å². The van der Waals surface area contributed by atoms with Crippen LogP contribution in [0.4, 0.5) is 0 Å². The van der Waals surface area contributed by atoms with Crippen LogP contribution in [0.3, 0.4) is 0 Å². The van der Waals surface area contributed by atoms with Crippen molar-refractivity contribution in [2.24, 2.45) is 0 Å². The summed E-state index contributed by atoms with van der Waals surface area (Å²) in [5, 5.41) is 0. The lowest BCUT2D eigenvalue weighted by molar-refractivity contribution is 0.242. The molecule has 0 aliphatic carbocycles. The predicted octanol–water partition coefficient (Wildman–Crippen LogP) is 5.30. The van der Waals surface area contributed by atoms with Crippen molar-refractivity contribution in [1.29, 1.82) is 0 Å². The first-order valence-corrected chi connectivity index (χ1v) is 9.38. The van der Waals surface area contributed by atoms with E-state index in [0.717, 1.165) is 39.4 Å². The maximum Gasteiger partial charge on any atom is 0.157 e. The highest BCUT2D eigenvalue weighted by Gasteiger charge is 2.14. The Morgan fingerprint density at radius 3 is 2.64 bits per heavy atom. The van der Waals surface area contributed by atoms with Crippen LogP contribution in [0.25, 0.3) is 22.6 Å². The molecule has 0 unspecified atom stereocenters. The van der Waals surface area contributed by atoms with Gasteiger partial charge in [-0.15, -0.1) is 0 Å². The molecule has 2 heterocycles. The highest BCUT2D eigenvalue weighted by Crippen LogP contribution is 2.34. The van der Waals surface area contributed by atoms with Crippen LogP contribution in [0.15, 0.2) is 60.8 Å². The fourth-order valence-electron chi connectivity index (χ4n) is 3.00. The third-order valence-electron chi connectivity index (χ3n) is 4.29. The van der Waals surface area contributed by atoms with E-state index in [1.54, 1.807) is 0 Å². The van der Waals surface area contributed by atoms with Crippen LogP contribution in [0, 0.1) is 6.92 Å². The van der Waals surface area contributed by atoms with Gasteiger partial charge in [-0.05, 0) is 56.2 Å². The minimum Gasteiger partial charge on any atom is -0.490 e. The number of hydrogen-bond donors (Lipinski definition) is 1. The number of pyridine rings is 1. The van der Waals surface area contributed by atoms with Crippen LogP contribution in [0.1, 0.15) is 25.0 Å². The molecule has 5 nitrogen and oxygen atoms in total. The Kier molecular flexibility index (Phi) is 4.98. The first kappa shape index (κ1) is 18.0. The Hall–Kier alpha value is -3.34. The molecular formula is C23H23N3O2. The van der Waals surface area contributed by atoms with Crippen LogP contribution < -0.4 is 9.47 Å². The lowest BCUT2D eigenvalue weighted by Crippen LogP contribution is -2.07. The van der Waals surface area contributed by atoms with Gasteiger partial charge in [-0.25, -0.2) is 9.97 Å². The lowest BCUT2D eigenvalue weighted by atomic mass is 10.1. The van der Waals surface area contributed by atoms with Crippen LogP contribution in [-0.4, -0.2) is 21.1 Å². The second-order valence-corrected chi connectivity index (χ2v) is 7.06. The van der Waals surface area contributed by atoms with Crippen molar-refractivity contribution in [2.75, 3.05) is 0 Å². The summed E-state index contributed by atoms with van der Waals surface area (Å²) in [7, 11) is 0. The zero-order valence-corrected chi connectivity index (χ0v) is 16.3. The lowest BCUT2D eigenvalue weighted by Gasteiger charge is -2.15. The van der Waals surface area contributed by atoms with Gasteiger partial charge in [-0.3, -0.25) is 0 Å². The molecule has 142 valence electrons. The number of fused-ring (bicyclic) bond motifs is 1. The second-order valence-electron chi connectivity index (χ2n) is 7.06. The van der Waals surface area contributed by atoms with Crippen molar-refractivity contribution in [3.05, 3.63) is 71.9 Å². The maximum absolute atomic E-state index is 6.00. The molecule has 2 aromatic heterocycles. The second kappa shape index (κ2) is 7.72. The third kappa shape index (κ3) is 3.98. The van der Waals surface area contributed by atoms with Crippen LogP contribution >= 0.6 is 0 Å². The van der Waals surface area contributed by atoms with Crippen molar-refractivity contribution >= 4 is 11.2 Å². The van der Waals surface area contributed by atoms with Gasteiger partial charge in [0.1, 0.15) is 29.4 Å². The summed E-state index contributed by atoms with van der Waals surface area (Å²) in [5.41, 5.74) is 4.64. The van der Waals surface area contributed by atoms with Gasteiger partial charge >= 0.3 is 0 Å². The summed E-state index contributed by atoms with van der Waals surface area (Å²) < 4.78 is 12.0. The summed E-state index contributed by atoms with van der Waals surface area (Å²) in [6.07, 6.45) is 1.88. The normalized spacial score (nSPS) is 11.1. The van der Waals surface area contributed by atoms with Crippen LogP contribution in [0.2, 0.25) is 0 Å². The van der Waals surface area contributed by atoms with Gasteiger partial charge in [-0.2, -0.15) is 0 Å². The van der Waals surface area contributed by atoms with E-state index in [0.29, 0.717) is 12.4 Å². The minimum atomic E-state index is 0.0552. The Morgan fingerprint density at radius 2 is 1.86 bits per heavy atom. The number of aromatic amines is 1. The average Bonchev–Trinajstić information content (AvgIpc) is 3.10. The van der Waals surface area contributed by atoms with Gasteiger partial charge in [-0.1, -0.05) is 30.3 Å². The molecule has 1 N–H and O–H groups in total. The van der Waals surface area contributed by atoms with Gasteiger partial charge in [0.05, 0.1) is 11.7 Å². The van der Waals surface area contributed by atoms with E-state index >= 15 is 0 Å². The third-order valence-corrected chi connectivity index (χ3v) is 4.29. The number of H-pyrrole nitrogens is 1. The minimum absolute atomic E-state index is 0.0552. The summed E-state index contributed by atoms with van der Waals surface area (Å²) in [5.74, 6) is 2.24. The zero-order chi connectivity index (χ0) is 19.5. The van der Waals surface area contributed by atoms with E-state index in [9.17, 15) is 0 Å². The number of imidazole rings is 1. The molecule has 4 rings (SSSR count). The Balaban J connectivity index is 1.69. The number of ether oxygens (including phenoxy) is 2. The van der Waals surface area contributed by atoms with Gasteiger partial charge in [0.25, 0.3) is 0 Å². The number of nitrogens with one attached hydrogen (secondary N) is 1. The Bertz CT molecular complexity index is 1090. The molecule has 2 aromatic carbocycles. The molecule has 0 aliphatic rings. The van der Waals surface area contributed by atoms with Crippen molar-refractivity contribution < 1.29 is 9.47 Å². The fraction of sp³-hybridized carbons (Fsp3) is 0.217. The molecule has 0 radical (unpaired) electrons. The molecule has 5 heteroatoms. The van der Waals surface area contributed by atoms with Gasteiger partial charge in [0, 0.05) is 6.20 Å². The molecule has 0 fully saturated rings. The molecule has 28 heavy (non-hydrogen) atoms. The number of rotatable bonds is 6. The molecule has 0 atom stereocenters. The van der Waals surface area contributed by atoms with E-state index in [1.807, 2.05) is 81.6 Å². The van der Waals surface area contributed by atoms with Crippen LogP contribution in [-0.2, 0) is 6.61 Å². The van der Waals surface area contributed by atoms with Gasteiger partial charge < -0.3 is 14.5 Å². The number of hydrogen-bond acceptors (Lipinski definition) is 4. The molecule has 0 bridgehead atoms. The highest BCUT2D eigenvalue weighted by molar-refractivity contribution is 5.78. The van der Waals surface area contributed by atoms with Gasteiger partial charge in [0.2, 0.25) is 0 Å². The van der Waals surface area contributed by atoms with E-state index in [4.69, 9.17) is 14.5 Å². The molecule has 0 saturated heterocycles. The number of aryl methyl sites for hydroxylation is 1. The Labute approximate surface area is 164 Å². The summed E-state index contributed by atoms with van der Waals surface area (Å²) >= 11 is 0. The number of benzene rings is 2. The summed E-state index contributed by atoms with van der Waals surface area (Å²) in [6.45, 7) is 6.53. The molecule has 0 aliphatic heterocycles. The van der Waals surface area contributed by atoms with E-state index in [-0.39, 0.29) is 6.10 Å². The summed E-state index contributed by atoms with van der Waals surface area (Å²) in [4.78, 5) is 12.4. The Morgan fingerprint density at radius 1 is 1.04 bits per heavy atom. The van der Waals surface area contributed by atoms with Gasteiger partial charge in [0.15, 0.2) is 5.65 Å². The first-order chi connectivity index (χ1) is 13.6. The molecule has 0 amide bonds. The van der Waals surface area contributed by atoms with Crippen LogP contribution in [0.5, 0.6) is 11.5 Å². The van der Waals surface area contributed by atoms with E-state index in [1.165, 1.54) is 0 Å². The number of nitrogens with zero attached hydrogens (tertiary/aromatic N) is 2. The largest absolute Gasteiger partial charge is 0.490 e. The molecule has 4 aromatic rings. The smallest absolute Gasteiger partial charge is 0.157 e. The molecular weight excluding hydrogens is 350 g/mol. The monoisotopic (exact) mass is 373 g/mol. The van der Waals surface area contributed by atoms with Crippen molar-refractivity contribution in [2.45, 2.75) is 33.5 Å². The summed E-state index contributed by atoms with van der Waals surface area (Å²) in [6, 6.07) is 17.9. The van der Waals surface area contributed by atoms with Crippen molar-refractivity contribution in [3.8, 4) is 22.9 Å². The van der Waals surface area contributed by atoms with Crippen molar-refractivity contribution in [1.82, 2.24) is 15.0 Å². The van der Waals surface area contributed by atoms with E-state index < -0.39 is 0 Å². The molecule has 0 saturated carbocycles.